The van der Waals surface area contributed by atoms with E-state index in [9.17, 15) is 8.78 Å². The van der Waals surface area contributed by atoms with Crippen LogP contribution in [0.3, 0.4) is 0 Å². The minimum atomic E-state index is -0.697. The molecule has 1 aromatic rings. The number of nitrogens with two attached hydrogens (primary N) is 1. The van der Waals surface area contributed by atoms with Gasteiger partial charge < -0.3 is 16.3 Å². The molecule has 0 saturated heterocycles. The summed E-state index contributed by atoms with van der Waals surface area (Å²) in [4.78, 5) is 0. The third-order valence-corrected chi connectivity index (χ3v) is 2.84. The molecule has 1 rings (SSSR count). The number of rotatable bonds is 4. The standard InChI is InChI=1S/C10H12BrF2N3O/c1-5(10(14)16-17)4-15-9-2-6(11)7(12)3-8(9)13/h2-3,5,15,17H,4H2,1H3,(H2,14,16). The normalized spacial score (nSPS) is 13.5. The third kappa shape index (κ3) is 3.55. The van der Waals surface area contributed by atoms with E-state index in [1.807, 2.05) is 0 Å². The van der Waals surface area contributed by atoms with Crippen LogP contribution in [0.1, 0.15) is 6.92 Å². The fourth-order valence-electron chi connectivity index (χ4n) is 1.12. The Hall–Kier alpha value is -1.37. The predicted molar refractivity (Wildman–Crippen MR) is 65.1 cm³/mol. The number of oxime groups is 1. The van der Waals surface area contributed by atoms with Gasteiger partial charge in [-0.15, -0.1) is 0 Å². The first kappa shape index (κ1) is 13.7. The van der Waals surface area contributed by atoms with Gasteiger partial charge in [0.05, 0.1) is 10.2 Å². The second-order valence-corrected chi connectivity index (χ2v) is 4.41. The monoisotopic (exact) mass is 307 g/mol. The smallest absolute Gasteiger partial charge is 0.149 e. The summed E-state index contributed by atoms with van der Waals surface area (Å²) < 4.78 is 26.4. The molecule has 4 nitrogen and oxygen atoms in total. The lowest BCUT2D eigenvalue weighted by Crippen LogP contribution is -2.27. The van der Waals surface area contributed by atoms with Crippen molar-refractivity contribution in [3.8, 4) is 0 Å². The van der Waals surface area contributed by atoms with E-state index in [0.717, 1.165) is 6.07 Å². The predicted octanol–water partition coefficient (Wildman–Crippen LogP) is 2.52. The molecular formula is C10H12BrF2N3O. The summed E-state index contributed by atoms with van der Waals surface area (Å²) >= 11 is 2.96. The van der Waals surface area contributed by atoms with Crippen molar-refractivity contribution < 1.29 is 14.0 Å². The lowest BCUT2D eigenvalue weighted by Gasteiger charge is -2.13. The molecule has 1 atom stereocenters. The highest BCUT2D eigenvalue weighted by Gasteiger charge is 2.11. The molecule has 0 bridgehead atoms. The zero-order chi connectivity index (χ0) is 13.0. The molecule has 0 aromatic heterocycles. The lowest BCUT2D eigenvalue weighted by molar-refractivity contribution is 0.315. The molecule has 0 aliphatic heterocycles. The number of nitrogens with one attached hydrogen (secondary N) is 1. The van der Waals surface area contributed by atoms with E-state index in [4.69, 9.17) is 10.9 Å². The van der Waals surface area contributed by atoms with Crippen molar-refractivity contribution in [1.82, 2.24) is 0 Å². The minimum absolute atomic E-state index is 0.0408. The number of anilines is 1. The highest BCUT2D eigenvalue weighted by atomic mass is 79.9. The zero-order valence-corrected chi connectivity index (χ0v) is 10.6. The Morgan fingerprint density at radius 1 is 1.53 bits per heavy atom. The first-order chi connectivity index (χ1) is 7.95. The van der Waals surface area contributed by atoms with E-state index >= 15 is 0 Å². The largest absolute Gasteiger partial charge is 0.409 e. The Bertz CT molecular complexity index is 440. The van der Waals surface area contributed by atoms with Crippen LogP contribution in [0.5, 0.6) is 0 Å². The van der Waals surface area contributed by atoms with E-state index in [1.54, 1.807) is 6.92 Å². The molecule has 4 N–H and O–H groups in total. The fourth-order valence-corrected chi connectivity index (χ4v) is 1.47. The van der Waals surface area contributed by atoms with E-state index in [0.29, 0.717) is 0 Å². The zero-order valence-electron chi connectivity index (χ0n) is 9.04. The lowest BCUT2D eigenvalue weighted by atomic mass is 10.1. The molecule has 0 radical (unpaired) electrons. The molecule has 94 valence electrons. The van der Waals surface area contributed by atoms with E-state index in [-0.39, 0.29) is 28.5 Å². The average Bonchev–Trinajstić information content (AvgIpc) is 2.30. The first-order valence-corrected chi connectivity index (χ1v) is 5.60. The number of nitrogens with zero attached hydrogens (tertiary/aromatic N) is 1. The van der Waals surface area contributed by atoms with Gasteiger partial charge in [0.25, 0.3) is 0 Å². The number of hydrogen-bond donors (Lipinski definition) is 3. The van der Waals surface area contributed by atoms with Crippen molar-refractivity contribution in [2.24, 2.45) is 16.8 Å². The van der Waals surface area contributed by atoms with Crippen LogP contribution in [0.25, 0.3) is 0 Å². The van der Waals surface area contributed by atoms with Crippen molar-refractivity contribution in [3.05, 3.63) is 28.2 Å². The van der Waals surface area contributed by atoms with Crippen molar-refractivity contribution in [2.45, 2.75) is 6.92 Å². The summed E-state index contributed by atoms with van der Waals surface area (Å²) in [6, 6.07) is 2.07. The molecule has 0 saturated carbocycles. The Labute approximate surface area is 106 Å². The summed E-state index contributed by atoms with van der Waals surface area (Å²) in [6.07, 6.45) is 0. The fraction of sp³-hybridized carbons (Fsp3) is 0.300. The number of amidine groups is 1. The summed E-state index contributed by atoms with van der Waals surface area (Å²) in [5, 5.41) is 14.0. The minimum Gasteiger partial charge on any atom is -0.409 e. The van der Waals surface area contributed by atoms with Gasteiger partial charge in [-0.2, -0.15) is 0 Å². The van der Waals surface area contributed by atoms with Crippen LogP contribution in [0, 0.1) is 17.6 Å². The van der Waals surface area contributed by atoms with Crippen molar-refractivity contribution in [1.29, 1.82) is 0 Å². The highest BCUT2D eigenvalue weighted by molar-refractivity contribution is 9.10. The molecule has 1 unspecified atom stereocenters. The molecule has 0 heterocycles. The quantitative estimate of drug-likeness (QED) is 0.263. The topological polar surface area (TPSA) is 70.6 Å². The molecular weight excluding hydrogens is 296 g/mol. The summed E-state index contributed by atoms with van der Waals surface area (Å²) in [7, 11) is 0. The van der Waals surface area contributed by atoms with Crippen LogP contribution >= 0.6 is 15.9 Å². The van der Waals surface area contributed by atoms with Crippen molar-refractivity contribution in [2.75, 3.05) is 11.9 Å². The van der Waals surface area contributed by atoms with Crippen LogP contribution in [-0.2, 0) is 0 Å². The SMILES string of the molecule is CC(CNc1cc(Br)c(F)cc1F)/C(N)=N/O. The highest BCUT2D eigenvalue weighted by Crippen LogP contribution is 2.23. The molecule has 1 aromatic carbocycles. The Kier molecular flexibility index (Phi) is 4.68. The molecule has 0 fully saturated rings. The molecule has 0 amide bonds. The molecule has 0 spiro atoms. The second-order valence-electron chi connectivity index (χ2n) is 3.55. The van der Waals surface area contributed by atoms with Gasteiger partial charge in [0.2, 0.25) is 0 Å². The molecule has 7 heteroatoms. The average molecular weight is 308 g/mol. The number of benzene rings is 1. The molecule has 0 aliphatic carbocycles. The number of halogens is 3. The molecule has 0 aliphatic rings. The van der Waals surface area contributed by atoms with E-state index in [2.05, 4.69) is 26.4 Å². The van der Waals surface area contributed by atoms with Crippen LogP contribution in [0.4, 0.5) is 14.5 Å². The van der Waals surface area contributed by atoms with Gasteiger partial charge in [-0.3, -0.25) is 0 Å². The first-order valence-electron chi connectivity index (χ1n) is 4.81. The summed E-state index contributed by atoms with van der Waals surface area (Å²) in [5.41, 5.74) is 5.52. The summed E-state index contributed by atoms with van der Waals surface area (Å²) in [5.74, 6) is -1.60. The van der Waals surface area contributed by atoms with Crippen molar-refractivity contribution >= 4 is 27.5 Å². The maximum absolute atomic E-state index is 13.3. The van der Waals surface area contributed by atoms with Gasteiger partial charge in [0.15, 0.2) is 0 Å². The Balaban J connectivity index is 2.73. The maximum Gasteiger partial charge on any atom is 0.149 e. The summed E-state index contributed by atoms with van der Waals surface area (Å²) in [6.45, 7) is 1.98. The van der Waals surface area contributed by atoms with E-state index < -0.39 is 11.6 Å². The van der Waals surface area contributed by atoms with Crippen LogP contribution in [-0.4, -0.2) is 17.6 Å². The van der Waals surface area contributed by atoms with Gasteiger partial charge in [-0.1, -0.05) is 12.1 Å². The van der Waals surface area contributed by atoms with Crippen LogP contribution in [0.2, 0.25) is 0 Å². The second kappa shape index (κ2) is 5.81. The van der Waals surface area contributed by atoms with Gasteiger partial charge >= 0.3 is 0 Å². The Morgan fingerprint density at radius 3 is 2.76 bits per heavy atom. The van der Waals surface area contributed by atoms with Gasteiger partial charge in [0.1, 0.15) is 17.5 Å². The molecule has 17 heavy (non-hydrogen) atoms. The van der Waals surface area contributed by atoms with Crippen LogP contribution < -0.4 is 11.1 Å². The van der Waals surface area contributed by atoms with Crippen LogP contribution in [0.15, 0.2) is 21.8 Å². The van der Waals surface area contributed by atoms with Crippen molar-refractivity contribution in [3.63, 3.8) is 0 Å². The van der Waals surface area contributed by atoms with E-state index in [1.165, 1.54) is 6.07 Å². The van der Waals surface area contributed by atoms with Gasteiger partial charge in [0, 0.05) is 18.5 Å². The maximum atomic E-state index is 13.3. The van der Waals surface area contributed by atoms with Gasteiger partial charge in [-0.25, -0.2) is 8.78 Å². The van der Waals surface area contributed by atoms with Gasteiger partial charge in [-0.05, 0) is 22.0 Å². The Morgan fingerprint density at radius 2 is 2.18 bits per heavy atom. The third-order valence-electron chi connectivity index (χ3n) is 2.23. The number of hydrogen-bond acceptors (Lipinski definition) is 3.